The monoisotopic (exact) mass is 1110 g/mol. The topological polar surface area (TPSA) is 272 Å². The van der Waals surface area contributed by atoms with Crippen LogP contribution >= 0.6 is 7.82 Å². The van der Waals surface area contributed by atoms with E-state index < -0.39 is 94.3 Å². The molecule has 18 nitrogen and oxygen atoms in total. The highest BCUT2D eigenvalue weighted by Gasteiger charge is 2.51. The molecule has 0 aromatic rings. The lowest BCUT2D eigenvalue weighted by Gasteiger charge is -2.47. The normalized spacial score (nSPS) is 25.0. The number of phosphoric ester groups is 1. The van der Waals surface area contributed by atoms with E-state index in [1.807, 2.05) is 0 Å². The van der Waals surface area contributed by atoms with E-state index in [9.17, 15) is 49.5 Å². The van der Waals surface area contributed by atoms with Crippen molar-refractivity contribution in [3.05, 3.63) is 12.2 Å². The molecule has 2 saturated heterocycles. The largest absolute Gasteiger partial charge is 0.472 e. The summed E-state index contributed by atoms with van der Waals surface area (Å²) in [6.45, 7) is 7.57. The molecule has 0 spiro atoms. The van der Waals surface area contributed by atoms with Gasteiger partial charge in [-0.3, -0.25) is 19.4 Å². The fourth-order valence-corrected chi connectivity index (χ4v) is 10.5. The second-order valence-electron chi connectivity index (χ2n) is 21.4. The van der Waals surface area contributed by atoms with Crippen LogP contribution in [0, 0.1) is 5.92 Å². The number of amides is 1. The van der Waals surface area contributed by atoms with Crippen molar-refractivity contribution in [3.63, 3.8) is 0 Å². The van der Waals surface area contributed by atoms with Crippen molar-refractivity contribution in [2.45, 2.75) is 301 Å². The summed E-state index contributed by atoms with van der Waals surface area (Å²) < 4.78 is 49.0. The number of phosphoric acid groups is 1. The van der Waals surface area contributed by atoms with Gasteiger partial charge in [0.1, 0.15) is 48.6 Å². The summed E-state index contributed by atoms with van der Waals surface area (Å²) in [5.41, 5.74) is 0. The molecule has 9 N–H and O–H groups in total. The number of carbonyl (C=O) groups excluding carboxylic acids is 2. The summed E-state index contributed by atoms with van der Waals surface area (Å²) in [6.07, 6.45) is 22.1. The zero-order valence-electron chi connectivity index (χ0n) is 47.5. The van der Waals surface area contributed by atoms with Gasteiger partial charge in [-0.05, 0) is 70.1 Å². The van der Waals surface area contributed by atoms with Crippen molar-refractivity contribution in [2.75, 3.05) is 33.0 Å². The lowest BCUT2D eigenvalue weighted by atomic mass is 9.93. The Morgan fingerprint density at radius 1 is 0.605 bits per heavy atom. The zero-order chi connectivity index (χ0) is 55.8. The summed E-state index contributed by atoms with van der Waals surface area (Å²) in [5, 5.41) is 61.4. The number of aliphatic hydroxyl groups is 5. The molecule has 0 aliphatic carbocycles. The maximum absolute atomic E-state index is 13.2. The molecule has 12 atom stereocenters. The van der Waals surface area contributed by atoms with Gasteiger partial charge in [-0.15, -0.1) is 0 Å². The van der Waals surface area contributed by atoms with Crippen molar-refractivity contribution in [3.8, 4) is 0 Å². The number of rotatable bonds is 49. The third-order valence-electron chi connectivity index (χ3n) is 14.7. The Morgan fingerprint density at radius 2 is 1.11 bits per heavy atom. The predicted molar refractivity (Wildman–Crippen MR) is 295 cm³/mol. The van der Waals surface area contributed by atoms with E-state index in [4.69, 9.17) is 28.2 Å². The fraction of sp³-hybridized carbons (Fsp3) is 0.930. The minimum absolute atomic E-state index is 0.000327. The minimum Gasteiger partial charge on any atom is -0.396 e. The van der Waals surface area contributed by atoms with Crippen LogP contribution in [0.5, 0.6) is 0 Å². The predicted octanol–water partition coefficient (Wildman–Crippen LogP) is 9.10. The lowest BCUT2D eigenvalue weighted by molar-refractivity contribution is -0.302. The average Bonchev–Trinajstić information content (AvgIpc) is 3.38. The number of hydrogen-bond acceptors (Lipinski definition) is 15. The van der Waals surface area contributed by atoms with Gasteiger partial charge in [0.2, 0.25) is 5.91 Å². The molecule has 0 aromatic carbocycles. The van der Waals surface area contributed by atoms with Gasteiger partial charge in [-0.1, -0.05) is 168 Å². The summed E-state index contributed by atoms with van der Waals surface area (Å²) in [5.74, 6) is -1.18. The van der Waals surface area contributed by atoms with Crippen molar-refractivity contribution in [1.82, 2.24) is 10.6 Å². The highest BCUT2D eigenvalue weighted by Crippen LogP contribution is 2.41. The summed E-state index contributed by atoms with van der Waals surface area (Å²) in [6, 6.07) is -2.48. The number of ketones is 1. The first-order chi connectivity index (χ1) is 36.7. The Labute approximate surface area is 458 Å². The Balaban J connectivity index is 2.31. The first kappa shape index (κ1) is 70.7. The van der Waals surface area contributed by atoms with Crippen LogP contribution in [0.2, 0.25) is 0 Å². The third-order valence-corrected chi connectivity index (χ3v) is 15.2. The van der Waals surface area contributed by atoms with Crippen LogP contribution < -0.4 is 10.6 Å². The number of ether oxygens (including phenoxy) is 5. The smallest absolute Gasteiger partial charge is 0.396 e. The van der Waals surface area contributed by atoms with E-state index in [0.717, 1.165) is 122 Å². The minimum atomic E-state index is -5.31. The highest BCUT2D eigenvalue weighted by molar-refractivity contribution is 7.46. The fourth-order valence-electron chi connectivity index (χ4n) is 10.1. The van der Waals surface area contributed by atoms with E-state index in [2.05, 4.69) is 43.6 Å². The van der Waals surface area contributed by atoms with Crippen LogP contribution in [0.3, 0.4) is 0 Å². The number of hydrogen-bond donors (Lipinski definition) is 9. The van der Waals surface area contributed by atoms with Crippen LogP contribution in [0.25, 0.3) is 0 Å². The summed E-state index contributed by atoms with van der Waals surface area (Å²) >= 11 is 0. The first-order valence-corrected chi connectivity index (χ1v) is 31.6. The maximum atomic E-state index is 13.2. The number of unbranched alkanes of at least 4 members (excludes halogenated alkanes) is 22. The van der Waals surface area contributed by atoms with Gasteiger partial charge in [0.25, 0.3) is 0 Å². The SMILES string of the molecule is CCCCCC/C=C\CCCCCCCCC[C@@H](O)N[C@H]1[C@H](OC[C@H]2O[C@H](OP(=O)(O)O)[C@H](NC(=O)CC(=O)CC)[C@@H](OCCCCCCCCCC)[C@@H]2O)O[C@H](CCO)[C@@H](O)[C@@H]1OCC[C@H](CO)CCCCCCC. The third kappa shape index (κ3) is 31.5. The molecule has 19 heteroatoms. The van der Waals surface area contributed by atoms with Crippen LogP contribution in [0.15, 0.2) is 12.2 Å². The van der Waals surface area contributed by atoms with E-state index in [1.54, 1.807) is 6.92 Å². The van der Waals surface area contributed by atoms with Crippen LogP contribution in [-0.4, -0.2) is 148 Å². The second kappa shape index (κ2) is 44.2. The van der Waals surface area contributed by atoms with Crippen LogP contribution in [-0.2, 0) is 42.4 Å². The Bertz CT molecular complexity index is 1510. The molecule has 0 aromatic heterocycles. The first-order valence-electron chi connectivity index (χ1n) is 30.1. The molecule has 1 amide bonds. The average molecular weight is 1110 g/mol. The van der Waals surface area contributed by atoms with Crippen molar-refractivity contribution in [2.24, 2.45) is 5.92 Å². The lowest BCUT2D eigenvalue weighted by Crippen LogP contribution is -2.67. The van der Waals surface area contributed by atoms with E-state index >= 15 is 0 Å². The molecule has 76 heavy (non-hydrogen) atoms. The van der Waals surface area contributed by atoms with Gasteiger partial charge in [0.15, 0.2) is 12.6 Å². The van der Waals surface area contributed by atoms with E-state index in [1.165, 1.54) is 44.9 Å². The molecule has 2 aliphatic rings. The van der Waals surface area contributed by atoms with E-state index in [-0.39, 0.29) is 51.0 Å². The number of Topliss-reactive ketones (excluding diaryl/α,β-unsaturated/α-hetero) is 1. The quantitative estimate of drug-likeness (QED) is 0.00903. The number of nitrogens with one attached hydrogen (secondary N) is 2. The molecule has 448 valence electrons. The number of allylic oxidation sites excluding steroid dienone is 2. The van der Waals surface area contributed by atoms with Crippen molar-refractivity contribution >= 4 is 19.5 Å². The molecule has 2 heterocycles. The van der Waals surface area contributed by atoms with Gasteiger partial charge < -0.3 is 64.3 Å². The highest BCUT2D eigenvalue weighted by atomic mass is 31.2. The Kier molecular flexibility index (Phi) is 41.1. The summed E-state index contributed by atoms with van der Waals surface area (Å²) in [7, 11) is -5.31. The standard InChI is InChI=1S/C57H109N2O16P/c1-5-9-12-15-17-19-20-21-22-23-24-25-26-29-32-35-48(63)58-50-54(71-40-37-44(42-61)34-31-28-14-11-7-3)52(65)46(36-38-60)73-56(50)72-43-47-53(66)55(70-39-33-30-27-18-16-13-10-6-2)51(57(74-47)75-76(67,68)69)59-49(64)41-45(62)8-4/h19-20,44,46-48,50-58,60-61,63,65-66H,5-18,21-43H2,1-4H3,(H,59,64)(H2,67,68,69)/b20-19-/t44-,46-,47-,48-,50-,51-,52-,53-,54-,55-,56-,57-/m1/s1. The van der Waals surface area contributed by atoms with Gasteiger partial charge in [0, 0.05) is 32.8 Å². The molecular formula is C57H109N2O16P. The van der Waals surface area contributed by atoms with Gasteiger partial charge >= 0.3 is 7.82 Å². The summed E-state index contributed by atoms with van der Waals surface area (Å²) in [4.78, 5) is 45.5. The maximum Gasteiger partial charge on any atom is 0.472 e. The second-order valence-corrected chi connectivity index (χ2v) is 22.6. The van der Waals surface area contributed by atoms with Gasteiger partial charge in [0.05, 0.1) is 25.2 Å². The Morgan fingerprint density at radius 3 is 1.67 bits per heavy atom. The van der Waals surface area contributed by atoms with Gasteiger partial charge in [-0.2, -0.15) is 0 Å². The van der Waals surface area contributed by atoms with Crippen molar-refractivity contribution < 1.29 is 77.7 Å². The molecule has 2 fully saturated rings. The Hall–Kier alpha value is -1.45. The van der Waals surface area contributed by atoms with Gasteiger partial charge in [-0.25, -0.2) is 4.57 Å². The molecule has 2 aliphatic heterocycles. The molecule has 0 saturated carbocycles. The molecular weight excluding hydrogens is 1000 g/mol. The van der Waals surface area contributed by atoms with Crippen LogP contribution in [0.1, 0.15) is 233 Å². The van der Waals surface area contributed by atoms with E-state index in [0.29, 0.717) is 19.3 Å². The molecule has 0 bridgehead atoms. The van der Waals surface area contributed by atoms with Crippen molar-refractivity contribution in [1.29, 1.82) is 0 Å². The zero-order valence-corrected chi connectivity index (χ0v) is 48.4. The molecule has 2 rings (SSSR count). The number of carbonyl (C=O) groups is 2. The molecule has 0 radical (unpaired) electrons. The molecule has 0 unspecified atom stereocenters. The van der Waals surface area contributed by atoms with Crippen LogP contribution in [0.4, 0.5) is 0 Å². The number of aliphatic hydroxyl groups excluding tert-OH is 5.